The second-order valence-electron chi connectivity index (χ2n) is 8.90. The van der Waals surface area contributed by atoms with E-state index in [4.69, 9.17) is 15.0 Å². The summed E-state index contributed by atoms with van der Waals surface area (Å²) in [5.74, 6) is 0.652. The largest absolute Gasteiger partial charge is 0.444 e. The van der Waals surface area contributed by atoms with Crippen LogP contribution in [0.25, 0.3) is 6.08 Å². The topological polar surface area (TPSA) is 115 Å². The van der Waals surface area contributed by atoms with Crippen molar-refractivity contribution < 1.29 is 9.53 Å². The lowest BCUT2D eigenvalue weighted by Crippen LogP contribution is -2.25. The number of aromatic nitrogens is 2. The van der Waals surface area contributed by atoms with Gasteiger partial charge in [-0.05, 0) is 85.5 Å². The molecule has 0 aliphatic rings. The van der Waals surface area contributed by atoms with Crippen LogP contribution in [0.2, 0.25) is 0 Å². The van der Waals surface area contributed by atoms with Gasteiger partial charge in [0.25, 0.3) is 0 Å². The van der Waals surface area contributed by atoms with Crippen molar-refractivity contribution in [3.05, 3.63) is 77.0 Å². The van der Waals surface area contributed by atoms with Gasteiger partial charge in [0.15, 0.2) is 6.73 Å². The number of benzene rings is 2. The van der Waals surface area contributed by atoms with Gasteiger partial charge in [0.1, 0.15) is 5.82 Å². The van der Waals surface area contributed by atoms with Crippen LogP contribution in [-0.4, -0.2) is 22.7 Å². The number of hydrogen-bond donors (Lipinski definition) is 1. The molecule has 8 nitrogen and oxygen atoms in total. The number of rotatable bonds is 12. The van der Waals surface area contributed by atoms with Crippen molar-refractivity contribution in [1.82, 2.24) is 9.97 Å². The van der Waals surface area contributed by atoms with Gasteiger partial charge in [-0.2, -0.15) is 15.5 Å². The first-order valence-electron chi connectivity index (χ1n) is 12.7. The molecule has 38 heavy (non-hydrogen) atoms. The van der Waals surface area contributed by atoms with Crippen LogP contribution in [0.3, 0.4) is 0 Å². The van der Waals surface area contributed by atoms with Gasteiger partial charge in [-0.25, -0.2) is 4.98 Å². The smallest absolute Gasteiger partial charge is 0.307 e. The SMILES string of the molecule is CCCCCCC(=O)OCN(c1ccc(C#N)cc1)c1nccc(Nc2c(C)cc(/C=C/C#N)cc2C)n1. The minimum absolute atomic E-state index is 0.0556. The zero-order chi connectivity index (χ0) is 27.3. The van der Waals surface area contributed by atoms with Crippen molar-refractivity contribution in [2.24, 2.45) is 0 Å². The highest BCUT2D eigenvalue weighted by atomic mass is 16.5. The first kappa shape index (κ1) is 27.9. The molecule has 2 aromatic carbocycles. The minimum Gasteiger partial charge on any atom is -0.444 e. The Hall–Kier alpha value is -4.69. The molecule has 0 atom stereocenters. The molecule has 0 saturated carbocycles. The summed E-state index contributed by atoms with van der Waals surface area (Å²) in [6.45, 7) is 6.05. The number of carbonyl (C=O) groups excluding carboxylic acids is 1. The normalized spacial score (nSPS) is 10.6. The Kier molecular flexibility index (Phi) is 10.4. The number of hydrogen-bond acceptors (Lipinski definition) is 8. The number of ether oxygens (including phenoxy) is 1. The van der Waals surface area contributed by atoms with Crippen LogP contribution in [-0.2, 0) is 9.53 Å². The van der Waals surface area contributed by atoms with Crippen molar-refractivity contribution in [3.8, 4) is 12.1 Å². The number of anilines is 4. The molecule has 0 aliphatic carbocycles. The summed E-state index contributed by atoms with van der Waals surface area (Å²) in [4.78, 5) is 23.2. The van der Waals surface area contributed by atoms with Crippen molar-refractivity contribution in [1.29, 1.82) is 10.5 Å². The van der Waals surface area contributed by atoms with Crippen molar-refractivity contribution in [2.75, 3.05) is 16.9 Å². The van der Waals surface area contributed by atoms with Gasteiger partial charge in [0, 0.05) is 30.1 Å². The van der Waals surface area contributed by atoms with Crippen molar-refractivity contribution in [2.45, 2.75) is 52.9 Å². The van der Waals surface area contributed by atoms with Crippen LogP contribution in [0.5, 0.6) is 0 Å². The van der Waals surface area contributed by atoms with Crippen molar-refractivity contribution in [3.63, 3.8) is 0 Å². The molecule has 0 amide bonds. The molecule has 0 aliphatic heterocycles. The lowest BCUT2D eigenvalue weighted by Gasteiger charge is -2.23. The lowest BCUT2D eigenvalue weighted by atomic mass is 10.0. The van der Waals surface area contributed by atoms with Crippen LogP contribution >= 0.6 is 0 Å². The lowest BCUT2D eigenvalue weighted by molar-refractivity contribution is -0.143. The fourth-order valence-corrected chi connectivity index (χ4v) is 3.97. The summed E-state index contributed by atoms with van der Waals surface area (Å²) in [5.41, 5.74) is 5.08. The zero-order valence-electron chi connectivity index (χ0n) is 22.1. The van der Waals surface area contributed by atoms with Crippen molar-refractivity contribution >= 4 is 35.2 Å². The molecule has 0 radical (unpaired) electrons. The molecule has 1 aromatic heterocycles. The molecule has 1 heterocycles. The predicted molar refractivity (Wildman–Crippen MR) is 149 cm³/mol. The number of unbranched alkanes of at least 4 members (excludes halogenated alkanes) is 3. The Balaban J connectivity index is 1.84. The van der Waals surface area contributed by atoms with Crippen LogP contribution in [0, 0.1) is 36.5 Å². The Morgan fingerprint density at radius 3 is 2.47 bits per heavy atom. The van der Waals surface area contributed by atoms with Crippen LogP contribution in [0.4, 0.5) is 23.1 Å². The molecule has 0 unspecified atom stereocenters. The van der Waals surface area contributed by atoms with E-state index in [9.17, 15) is 10.1 Å². The van der Waals surface area contributed by atoms with Gasteiger partial charge in [0.2, 0.25) is 5.95 Å². The zero-order valence-corrected chi connectivity index (χ0v) is 22.1. The van der Waals surface area contributed by atoms with E-state index >= 15 is 0 Å². The second-order valence-corrected chi connectivity index (χ2v) is 8.90. The number of allylic oxidation sites excluding steroid dienone is 1. The Labute approximate surface area is 224 Å². The van der Waals surface area contributed by atoms with Crippen LogP contribution < -0.4 is 10.2 Å². The second kappa shape index (κ2) is 14.2. The molecule has 3 aromatic rings. The van der Waals surface area contributed by atoms with E-state index in [1.54, 1.807) is 47.5 Å². The number of aryl methyl sites for hydroxylation is 2. The fraction of sp³-hybridized carbons (Fsp3) is 0.300. The highest BCUT2D eigenvalue weighted by Crippen LogP contribution is 2.28. The number of nitriles is 2. The van der Waals surface area contributed by atoms with E-state index in [1.807, 2.05) is 32.0 Å². The molecule has 0 saturated heterocycles. The Morgan fingerprint density at radius 1 is 1.08 bits per heavy atom. The predicted octanol–water partition coefficient (Wildman–Crippen LogP) is 6.85. The van der Waals surface area contributed by atoms with Gasteiger partial charge < -0.3 is 10.1 Å². The summed E-state index contributed by atoms with van der Waals surface area (Å²) in [7, 11) is 0. The molecular formula is C30H32N6O2. The Bertz CT molecular complexity index is 1330. The molecule has 0 fully saturated rings. The van der Waals surface area contributed by atoms with Gasteiger partial charge in [0.05, 0.1) is 17.7 Å². The quantitative estimate of drug-likeness (QED) is 0.122. The third-order valence-corrected chi connectivity index (χ3v) is 5.94. The van der Waals surface area contributed by atoms with Gasteiger partial charge >= 0.3 is 5.97 Å². The summed E-state index contributed by atoms with van der Waals surface area (Å²) < 4.78 is 5.58. The summed E-state index contributed by atoms with van der Waals surface area (Å²) in [6, 6.07) is 16.8. The molecule has 3 rings (SSSR count). The maximum Gasteiger partial charge on any atom is 0.307 e. The third kappa shape index (κ3) is 7.91. The average molecular weight is 509 g/mol. The third-order valence-electron chi connectivity index (χ3n) is 5.94. The van der Waals surface area contributed by atoms with Gasteiger partial charge in [-0.1, -0.05) is 26.2 Å². The monoisotopic (exact) mass is 508 g/mol. The molecule has 1 N–H and O–H groups in total. The van der Waals surface area contributed by atoms with E-state index < -0.39 is 0 Å². The average Bonchev–Trinajstić information content (AvgIpc) is 2.92. The van der Waals surface area contributed by atoms with E-state index in [0.29, 0.717) is 29.4 Å². The molecule has 0 spiro atoms. The van der Waals surface area contributed by atoms with Crippen LogP contribution in [0.1, 0.15) is 61.3 Å². The van der Waals surface area contributed by atoms with Gasteiger partial charge in [-0.15, -0.1) is 0 Å². The maximum absolute atomic E-state index is 12.4. The maximum atomic E-state index is 12.4. The highest BCUT2D eigenvalue weighted by molar-refractivity contribution is 5.71. The van der Waals surface area contributed by atoms with E-state index in [-0.39, 0.29) is 12.7 Å². The van der Waals surface area contributed by atoms with Gasteiger partial charge in [-0.3, -0.25) is 9.69 Å². The van der Waals surface area contributed by atoms with E-state index in [2.05, 4.69) is 23.3 Å². The fourth-order valence-electron chi connectivity index (χ4n) is 3.97. The number of esters is 1. The minimum atomic E-state index is -0.272. The first-order valence-corrected chi connectivity index (χ1v) is 12.7. The summed E-state index contributed by atoms with van der Waals surface area (Å²) in [6.07, 6.45) is 9.21. The summed E-state index contributed by atoms with van der Waals surface area (Å²) >= 11 is 0. The standard InChI is InChI=1S/C30H32N6O2/c1-4-5-6-7-10-28(37)38-21-36(26-13-11-24(20-32)12-14-26)30-33-17-15-27(35-30)34-29-22(2)18-25(9-8-16-31)19-23(29)3/h8-9,11-15,17-19H,4-7,10,21H2,1-3H3,(H,33,34,35)/b9-8+. The molecule has 194 valence electrons. The molecule has 8 heteroatoms. The van der Waals surface area contributed by atoms with E-state index in [1.165, 1.54) is 6.08 Å². The number of carbonyl (C=O) groups is 1. The highest BCUT2D eigenvalue weighted by Gasteiger charge is 2.16. The molecule has 0 bridgehead atoms. The van der Waals surface area contributed by atoms with Crippen LogP contribution in [0.15, 0.2) is 54.7 Å². The number of nitrogens with zero attached hydrogens (tertiary/aromatic N) is 5. The summed E-state index contributed by atoms with van der Waals surface area (Å²) in [5, 5.41) is 21.4. The Morgan fingerprint density at radius 2 is 1.82 bits per heavy atom. The molecular weight excluding hydrogens is 476 g/mol. The number of nitrogens with one attached hydrogen (secondary N) is 1. The van der Waals surface area contributed by atoms with E-state index in [0.717, 1.165) is 48.1 Å². The first-order chi connectivity index (χ1) is 18.4.